The van der Waals surface area contributed by atoms with Crippen molar-refractivity contribution >= 4 is 32.6 Å². The molecule has 1 aliphatic heterocycles. The molecule has 0 aromatic carbocycles. The predicted octanol–water partition coefficient (Wildman–Crippen LogP) is 1.54. The van der Waals surface area contributed by atoms with E-state index in [0.29, 0.717) is 32.0 Å². The lowest BCUT2D eigenvalue weighted by molar-refractivity contribution is 0.0980. The Bertz CT molecular complexity index is 299. The average molecular weight is 361 g/mol. The van der Waals surface area contributed by atoms with Crippen LogP contribution in [0.3, 0.4) is 0 Å². The Balaban J connectivity index is 2.62. The molecule has 0 spiro atoms. The van der Waals surface area contributed by atoms with Crippen LogP contribution >= 0.6 is 22.6 Å². The molecule has 0 amide bonds. The van der Waals surface area contributed by atoms with Gasteiger partial charge >= 0.3 is 0 Å². The van der Waals surface area contributed by atoms with E-state index in [9.17, 15) is 8.42 Å². The highest BCUT2D eigenvalue weighted by molar-refractivity contribution is 14.1. The van der Waals surface area contributed by atoms with Crippen LogP contribution in [-0.4, -0.2) is 37.4 Å². The van der Waals surface area contributed by atoms with Gasteiger partial charge in [-0.1, -0.05) is 36.4 Å². The van der Waals surface area contributed by atoms with Gasteiger partial charge in [-0.05, 0) is 18.8 Å². The molecule has 16 heavy (non-hydrogen) atoms. The van der Waals surface area contributed by atoms with E-state index in [-0.39, 0.29) is 11.3 Å². The quantitative estimate of drug-likeness (QED) is 0.597. The molecule has 0 aliphatic carbocycles. The molecule has 1 fully saturated rings. The molecule has 1 saturated heterocycles. The lowest BCUT2D eigenvalue weighted by atomic mass is 10.1. The molecule has 4 nitrogen and oxygen atoms in total. The van der Waals surface area contributed by atoms with Gasteiger partial charge in [0.25, 0.3) is 0 Å². The Morgan fingerprint density at radius 3 is 2.38 bits per heavy atom. The Morgan fingerprint density at radius 2 is 1.94 bits per heavy atom. The minimum atomic E-state index is -3.17. The van der Waals surface area contributed by atoms with Crippen LogP contribution in [0.25, 0.3) is 0 Å². The van der Waals surface area contributed by atoms with Crippen molar-refractivity contribution in [2.45, 2.75) is 38.0 Å². The normalized spacial score (nSPS) is 21.2. The molecule has 1 N–H and O–H groups in total. The smallest absolute Gasteiger partial charge is 0.214 e. The molecule has 0 saturated carbocycles. The largest absolute Gasteiger partial charge is 0.381 e. The second-order valence-corrected chi connectivity index (χ2v) is 7.35. The summed E-state index contributed by atoms with van der Waals surface area (Å²) in [6, 6.07) is 0.0356. The Morgan fingerprint density at radius 1 is 1.38 bits per heavy atom. The van der Waals surface area contributed by atoms with Crippen LogP contribution in [0, 0.1) is 5.92 Å². The van der Waals surface area contributed by atoms with Crippen LogP contribution in [0.5, 0.6) is 0 Å². The standard InChI is InChI=1S/C10H20INO3S/c1-8(2)10(7-11)12-16(13,14)9-3-5-15-6-4-9/h8-10,12H,3-7H2,1-2H3. The van der Waals surface area contributed by atoms with Gasteiger partial charge < -0.3 is 4.74 Å². The summed E-state index contributed by atoms with van der Waals surface area (Å²) in [4.78, 5) is 0. The SMILES string of the molecule is CC(C)C(CI)NS(=O)(=O)C1CCOCC1. The fourth-order valence-corrected chi connectivity index (χ4v) is 4.96. The molecule has 0 aromatic heterocycles. The summed E-state index contributed by atoms with van der Waals surface area (Å²) >= 11 is 2.22. The Hall–Kier alpha value is 0.600. The van der Waals surface area contributed by atoms with Crippen molar-refractivity contribution in [1.29, 1.82) is 0 Å². The van der Waals surface area contributed by atoms with E-state index >= 15 is 0 Å². The second-order valence-electron chi connectivity index (χ2n) is 4.48. The van der Waals surface area contributed by atoms with Gasteiger partial charge in [0.15, 0.2) is 0 Å². The third-order valence-corrected chi connectivity index (χ3v) is 5.82. The van der Waals surface area contributed by atoms with Crippen molar-refractivity contribution < 1.29 is 13.2 Å². The molecule has 0 aromatic rings. The van der Waals surface area contributed by atoms with Gasteiger partial charge in [-0.3, -0.25) is 0 Å². The predicted molar refractivity (Wildman–Crippen MR) is 73.4 cm³/mol. The molecule has 1 atom stereocenters. The fraction of sp³-hybridized carbons (Fsp3) is 1.00. The number of alkyl halides is 1. The van der Waals surface area contributed by atoms with Gasteiger partial charge in [-0.2, -0.15) is 0 Å². The topological polar surface area (TPSA) is 55.4 Å². The first-order valence-corrected chi connectivity index (χ1v) is 8.69. The highest BCUT2D eigenvalue weighted by atomic mass is 127. The zero-order valence-electron chi connectivity index (χ0n) is 9.78. The first-order chi connectivity index (χ1) is 7.47. The van der Waals surface area contributed by atoms with E-state index in [0.717, 1.165) is 4.43 Å². The van der Waals surface area contributed by atoms with Crippen molar-refractivity contribution in [2.75, 3.05) is 17.6 Å². The van der Waals surface area contributed by atoms with Crippen LogP contribution in [0.2, 0.25) is 0 Å². The van der Waals surface area contributed by atoms with Crippen molar-refractivity contribution in [1.82, 2.24) is 4.72 Å². The van der Waals surface area contributed by atoms with Crippen molar-refractivity contribution in [3.05, 3.63) is 0 Å². The number of ether oxygens (including phenoxy) is 1. The highest BCUT2D eigenvalue weighted by Gasteiger charge is 2.30. The fourth-order valence-electron chi connectivity index (χ4n) is 1.64. The van der Waals surface area contributed by atoms with Crippen LogP contribution in [0.1, 0.15) is 26.7 Å². The highest BCUT2D eigenvalue weighted by Crippen LogP contribution is 2.17. The summed E-state index contributed by atoms with van der Waals surface area (Å²) in [7, 11) is -3.17. The lowest BCUT2D eigenvalue weighted by Crippen LogP contribution is -2.45. The molecule has 96 valence electrons. The molecule has 1 aliphatic rings. The molecule has 6 heteroatoms. The van der Waals surface area contributed by atoms with Crippen molar-refractivity contribution in [2.24, 2.45) is 5.92 Å². The number of hydrogen-bond acceptors (Lipinski definition) is 3. The summed E-state index contributed by atoms with van der Waals surface area (Å²) in [5.41, 5.74) is 0. The molecule has 1 heterocycles. The zero-order valence-corrected chi connectivity index (χ0v) is 12.8. The third kappa shape index (κ3) is 4.12. The summed E-state index contributed by atoms with van der Waals surface area (Å²) in [5.74, 6) is 0.325. The summed E-state index contributed by atoms with van der Waals surface area (Å²) in [6.07, 6.45) is 1.22. The maximum Gasteiger partial charge on any atom is 0.214 e. The summed E-state index contributed by atoms with van der Waals surface area (Å²) in [5, 5.41) is -0.273. The number of sulfonamides is 1. The van der Waals surface area contributed by atoms with Crippen LogP contribution in [-0.2, 0) is 14.8 Å². The second kappa shape index (κ2) is 6.51. The molecule has 0 bridgehead atoms. The molecular weight excluding hydrogens is 341 g/mol. The van der Waals surface area contributed by atoms with Crippen LogP contribution < -0.4 is 4.72 Å². The first-order valence-electron chi connectivity index (χ1n) is 5.62. The van der Waals surface area contributed by atoms with Crippen molar-refractivity contribution in [3.8, 4) is 0 Å². The molecular formula is C10H20INO3S. The van der Waals surface area contributed by atoms with Crippen LogP contribution in [0.4, 0.5) is 0 Å². The van der Waals surface area contributed by atoms with Gasteiger partial charge in [-0.15, -0.1) is 0 Å². The minimum Gasteiger partial charge on any atom is -0.381 e. The van der Waals surface area contributed by atoms with E-state index in [4.69, 9.17) is 4.74 Å². The van der Waals surface area contributed by atoms with E-state index < -0.39 is 10.0 Å². The monoisotopic (exact) mass is 361 g/mol. The molecule has 0 radical (unpaired) electrons. The van der Waals surface area contributed by atoms with E-state index in [2.05, 4.69) is 27.3 Å². The average Bonchev–Trinajstić information content (AvgIpc) is 2.27. The zero-order chi connectivity index (χ0) is 12.2. The van der Waals surface area contributed by atoms with Crippen LogP contribution in [0.15, 0.2) is 0 Å². The Labute approximate surface area is 112 Å². The number of nitrogens with one attached hydrogen (secondary N) is 1. The van der Waals surface area contributed by atoms with E-state index in [1.807, 2.05) is 13.8 Å². The van der Waals surface area contributed by atoms with Gasteiger partial charge in [-0.25, -0.2) is 13.1 Å². The first kappa shape index (κ1) is 14.7. The van der Waals surface area contributed by atoms with Gasteiger partial charge in [0, 0.05) is 23.7 Å². The summed E-state index contributed by atoms with van der Waals surface area (Å²) < 4.78 is 33.0. The van der Waals surface area contributed by atoms with E-state index in [1.165, 1.54) is 0 Å². The Kier molecular flexibility index (Phi) is 5.97. The number of hydrogen-bond donors (Lipinski definition) is 1. The van der Waals surface area contributed by atoms with Gasteiger partial charge in [0.05, 0.1) is 5.25 Å². The van der Waals surface area contributed by atoms with Gasteiger partial charge in [0.2, 0.25) is 10.0 Å². The number of halogens is 1. The maximum atomic E-state index is 12.1. The molecule has 1 unspecified atom stereocenters. The third-order valence-electron chi connectivity index (χ3n) is 2.89. The van der Waals surface area contributed by atoms with E-state index in [1.54, 1.807) is 0 Å². The van der Waals surface area contributed by atoms with Crippen molar-refractivity contribution in [3.63, 3.8) is 0 Å². The minimum absolute atomic E-state index is 0.0356. The summed E-state index contributed by atoms with van der Waals surface area (Å²) in [6.45, 7) is 5.19. The molecule has 1 rings (SSSR count). The maximum absolute atomic E-state index is 12.1. The number of rotatable bonds is 5. The lowest BCUT2D eigenvalue weighted by Gasteiger charge is -2.26. The van der Waals surface area contributed by atoms with Gasteiger partial charge in [0.1, 0.15) is 0 Å².